The highest BCUT2D eigenvalue weighted by molar-refractivity contribution is 7.92. The molecule has 154 valence electrons. The van der Waals surface area contributed by atoms with E-state index in [4.69, 9.17) is 10.6 Å². The minimum Gasteiger partial charge on any atom is -0.383 e. The van der Waals surface area contributed by atoms with E-state index in [1.165, 1.54) is 13.1 Å². The average molecular weight is 422 g/mol. The number of hydrazine groups is 1. The number of anilines is 2. The van der Waals surface area contributed by atoms with Gasteiger partial charge in [0.25, 0.3) is 5.91 Å². The quantitative estimate of drug-likeness (QED) is 0.340. The first kappa shape index (κ1) is 23.4. The fraction of sp³-hybridized carbons (Fsp3) is 0.625. The van der Waals surface area contributed by atoms with Crippen LogP contribution in [-0.4, -0.2) is 59.4 Å². The van der Waals surface area contributed by atoms with Gasteiger partial charge in [-0.15, -0.1) is 12.4 Å². The smallest absolute Gasteiger partial charge is 0.265 e. The molecule has 1 heterocycles. The van der Waals surface area contributed by atoms with E-state index in [0.717, 1.165) is 23.5 Å². The van der Waals surface area contributed by atoms with Crippen molar-refractivity contribution < 1.29 is 17.9 Å². The summed E-state index contributed by atoms with van der Waals surface area (Å²) in [5, 5.41) is 0. The fourth-order valence-electron chi connectivity index (χ4n) is 2.65. The first-order valence-electron chi connectivity index (χ1n) is 8.38. The van der Waals surface area contributed by atoms with Crippen LogP contribution in [0, 0.1) is 11.8 Å². The number of aromatic nitrogens is 1. The highest BCUT2D eigenvalue weighted by Gasteiger charge is 2.34. The van der Waals surface area contributed by atoms with E-state index >= 15 is 0 Å². The molecule has 11 heteroatoms. The standard InChI is InChI=1S/C16H27N5O4S.ClH/c1-11-7-13(11)10-21(5-6-25-3)15-9-12(16(22)19-17)8-14(18-15)20(2)26(4,23)24;/h8-9,11,13H,5-7,10,17H2,1-4H3,(H,19,22);1H/t11-,13+;/m1./s1. The molecule has 0 unspecified atom stereocenters. The Labute approximate surface area is 166 Å². The van der Waals surface area contributed by atoms with E-state index in [0.29, 0.717) is 30.8 Å². The van der Waals surface area contributed by atoms with Gasteiger partial charge in [-0.25, -0.2) is 19.2 Å². The zero-order valence-corrected chi connectivity index (χ0v) is 17.6. The number of methoxy groups -OCH3 is 1. The molecule has 1 aromatic rings. The van der Waals surface area contributed by atoms with E-state index in [1.807, 2.05) is 4.90 Å². The van der Waals surface area contributed by atoms with Gasteiger partial charge in [0.1, 0.15) is 11.6 Å². The fourth-order valence-corrected chi connectivity index (χ4v) is 3.08. The second-order valence-electron chi connectivity index (χ2n) is 6.69. The summed E-state index contributed by atoms with van der Waals surface area (Å²) in [6, 6.07) is 3.02. The lowest BCUT2D eigenvalue weighted by molar-refractivity contribution is 0.0953. The predicted octanol–water partition coefficient (Wildman–Crippen LogP) is 0.612. The topological polar surface area (TPSA) is 118 Å². The second kappa shape index (κ2) is 9.54. The van der Waals surface area contributed by atoms with Crippen molar-refractivity contribution in [2.75, 3.05) is 49.3 Å². The molecular formula is C16H28ClN5O4S. The van der Waals surface area contributed by atoms with Crippen LogP contribution in [0.2, 0.25) is 0 Å². The minimum atomic E-state index is -3.52. The molecule has 1 aromatic heterocycles. The van der Waals surface area contributed by atoms with Gasteiger partial charge in [-0.3, -0.25) is 14.5 Å². The number of hydrogen-bond acceptors (Lipinski definition) is 7. The Hall–Kier alpha value is -1.62. The van der Waals surface area contributed by atoms with E-state index in [1.54, 1.807) is 13.2 Å². The third kappa shape index (κ3) is 6.20. The average Bonchev–Trinajstić information content (AvgIpc) is 3.30. The number of pyridine rings is 1. The lowest BCUT2D eigenvalue weighted by Gasteiger charge is -2.26. The molecule has 2 rings (SSSR count). The summed E-state index contributed by atoms with van der Waals surface area (Å²) in [4.78, 5) is 18.5. The van der Waals surface area contributed by atoms with Gasteiger partial charge in [0.05, 0.1) is 12.9 Å². The molecule has 1 amide bonds. The largest absolute Gasteiger partial charge is 0.383 e. The number of halogens is 1. The molecule has 1 fully saturated rings. The molecule has 1 saturated carbocycles. The van der Waals surface area contributed by atoms with Crippen LogP contribution in [0.25, 0.3) is 0 Å². The number of nitrogens with two attached hydrogens (primary N) is 1. The number of amides is 1. The molecule has 1 aliphatic carbocycles. The monoisotopic (exact) mass is 421 g/mol. The maximum Gasteiger partial charge on any atom is 0.265 e. The Morgan fingerprint density at radius 1 is 1.41 bits per heavy atom. The van der Waals surface area contributed by atoms with Gasteiger partial charge in [0, 0.05) is 32.8 Å². The Kier molecular flexibility index (Phi) is 8.27. The van der Waals surface area contributed by atoms with Crippen molar-refractivity contribution in [2.24, 2.45) is 17.7 Å². The van der Waals surface area contributed by atoms with E-state index in [-0.39, 0.29) is 23.8 Å². The van der Waals surface area contributed by atoms with Crippen LogP contribution in [0.4, 0.5) is 11.6 Å². The number of rotatable bonds is 9. The first-order valence-corrected chi connectivity index (χ1v) is 10.2. The molecule has 9 nitrogen and oxygen atoms in total. The Morgan fingerprint density at radius 3 is 2.48 bits per heavy atom. The number of nitrogens with one attached hydrogen (secondary N) is 1. The van der Waals surface area contributed by atoms with Crippen molar-refractivity contribution in [1.82, 2.24) is 10.4 Å². The predicted molar refractivity (Wildman–Crippen MR) is 108 cm³/mol. The van der Waals surface area contributed by atoms with Crippen LogP contribution in [0.3, 0.4) is 0 Å². The zero-order valence-electron chi connectivity index (χ0n) is 16.0. The van der Waals surface area contributed by atoms with Crippen molar-refractivity contribution in [3.8, 4) is 0 Å². The Bertz CT molecular complexity index is 761. The highest BCUT2D eigenvalue weighted by atomic mass is 35.5. The summed E-state index contributed by atoms with van der Waals surface area (Å²) in [5.41, 5.74) is 2.32. The molecule has 0 saturated heterocycles. The molecule has 3 N–H and O–H groups in total. The molecule has 0 aromatic carbocycles. The number of nitrogen functional groups attached to an aromatic ring is 1. The van der Waals surface area contributed by atoms with Crippen molar-refractivity contribution in [3.05, 3.63) is 17.7 Å². The molecular weight excluding hydrogens is 394 g/mol. The summed E-state index contributed by atoms with van der Waals surface area (Å²) in [6.07, 6.45) is 2.22. The van der Waals surface area contributed by atoms with E-state index in [2.05, 4.69) is 17.3 Å². The molecule has 2 atom stereocenters. The molecule has 0 bridgehead atoms. The van der Waals surface area contributed by atoms with Gasteiger partial charge in [-0.05, 0) is 30.4 Å². The maximum absolute atomic E-state index is 12.0. The third-order valence-corrected chi connectivity index (χ3v) is 5.81. The maximum atomic E-state index is 12.0. The number of carbonyl (C=O) groups is 1. The lowest BCUT2D eigenvalue weighted by atomic mass is 10.2. The van der Waals surface area contributed by atoms with Crippen molar-refractivity contribution in [3.63, 3.8) is 0 Å². The molecule has 0 radical (unpaired) electrons. The van der Waals surface area contributed by atoms with Crippen molar-refractivity contribution >= 4 is 40.0 Å². The minimum absolute atomic E-state index is 0. The highest BCUT2D eigenvalue weighted by Crippen LogP contribution is 2.39. The van der Waals surface area contributed by atoms with Gasteiger partial charge >= 0.3 is 0 Å². The molecule has 1 aliphatic rings. The molecule has 0 spiro atoms. The van der Waals surface area contributed by atoms with Crippen molar-refractivity contribution in [1.29, 1.82) is 0 Å². The number of ether oxygens (including phenoxy) is 1. The summed E-state index contributed by atoms with van der Waals surface area (Å²) in [6.45, 7) is 4.04. The third-order valence-electron chi connectivity index (χ3n) is 4.63. The zero-order chi connectivity index (χ0) is 19.5. The number of carbonyl (C=O) groups excluding carboxylic acids is 1. The first-order chi connectivity index (χ1) is 12.2. The van der Waals surface area contributed by atoms with E-state index < -0.39 is 15.9 Å². The van der Waals surface area contributed by atoms with Gasteiger partial charge in [0.15, 0.2) is 0 Å². The van der Waals surface area contributed by atoms with Crippen molar-refractivity contribution in [2.45, 2.75) is 13.3 Å². The second-order valence-corrected chi connectivity index (χ2v) is 8.70. The van der Waals surface area contributed by atoms with Crippen LogP contribution < -0.4 is 20.5 Å². The van der Waals surface area contributed by atoms with Gasteiger partial charge in [-0.2, -0.15) is 0 Å². The number of sulfonamides is 1. The summed E-state index contributed by atoms with van der Waals surface area (Å²) < 4.78 is 30.0. The van der Waals surface area contributed by atoms with Gasteiger partial charge in [0.2, 0.25) is 10.0 Å². The van der Waals surface area contributed by atoms with Crippen LogP contribution in [-0.2, 0) is 14.8 Å². The van der Waals surface area contributed by atoms with Gasteiger partial charge in [-0.1, -0.05) is 6.92 Å². The van der Waals surface area contributed by atoms with Crippen LogP contribution >= 0.6 is 12.4 Å². The van der Waals surface area contributed by atoms with Crippen LogP contribution in [0.15, 0.2) is 12.1 Å². The van der Waals surface area contributed by atoms with E-state index in [9.17, 15) is 13.2 Å². The normalized spacial score (nSPS) is 18.4. The Morgan fingerprint density at radius 2 is 2.00 bits per heavy atom. The number of nitrogens with zero attached hydrogens (tertiary/aromatic N) is 3. The SMILES string of the molecule is COCCN(C[C@@H]1C[C@H]1C)c1cc(C(=O)NN)cc(N(C)S(C)(=O)=O)n1.Cl. The lowest BCUT2D eigenvalue weighted by Crippen LogP contribution is -2.34. The summed E-state index contributed by atoms with van der Waals surface area (Å²) in [7, 11) is -0.505. The van der Waals surface area contributed by atoms with Gasteiger partial charge < -0.3 is 9.64 Å². The molecule has 0 aliphatic heterocycles. The summed E-state index contributed by atoms with van der Waals surface area (Å²) >= 11 is 0. The summed E-state index contributed by atoms with van der Waals surface area (Å²) in [5.74, 6) is 6.62. The Balaban J connectivity index is 0.00000364. The van der Waals surface area contributed by atoms with Crippen LogP contribution in [0.1, 0.15) is 23.7 Å². The molecule has 27 heavy (non-hydrogen) atoms. The number of hydrogen-bond donors (Lipinski definition) is 2. The van der Waals surface area contributed by atoms with Crippen LogP contribution in [0.5, 0.6) is 0 Å².